The molecule has 3 aromatic rings. The average molecular weight is 383 g/mol. The average Bonchev–Trinajstić information content (AvgIpc) is 3.11. The molecule has 1 atom stereocenters. The van der Waals surface area contributed by atoms with Crippen LogP contribution in [0.2, 0.25) is 0 Å². The molecular formula is C20H21N3O3S. The van der Waals surface area contributed by atoms with Crippen molar-refractivity contribution in [2.24, 2.45) is 0 Å². The first-order chi connectivity index (χ1) is 13.1. The van der Waals surface area contributed by atoms with Crippen LogP contribution in [-0.4, -0.2) is 28.0 Å². The lowest BCUT2D eigenvalue weighted by atomic mass is 10.2. The molecule has 2 aromatic carbocycles. The maximum Gasteiger partial charge on any atom is 0.277 e. The van der Waals surface area contributed by atoms with Gasteiger partial charge in [0.25, 0.3) is 5.22 Å². The van der Waals surface area contributed by atoms with Crippen LogP contribution in [0.4, 0.5) is 5.69 Å². The number of ether oxygens (including phenoxy) is 1. The highest BCUT2D eigenvalue weighted by Crippen LogP contribution is 2.24. The predicted molar refractivity (Wildman–Crippen MR) is 105 cm³/mol. The zero-order chi connectivity index (χ0) is 19.1. The molecule has 0 aliphatic rings. The lowest BCUT2D eigenvalue weighted by Gasteiger charge is -2.10. The number of rotatable bonds is 8. The Labute approximate surface area is 162 Å². The molecule has 0 radical (unpaired) electrons. The van der Waals surface area contributed by atoms with Crippen molar-refractivity contribution in [2.75, 3.05) is 11.9 Å². The van der Waals surface area contributed by atoms with Crippen molar-refractivity contribution in [1.29, 1.82) is 0 Å². The molecule has 0 saturated heterocycles. The van der Waals surface area contributed by atoms with Crippen LogP contribution in [0.5, 0.6) is 5.75 Å². The first-order valence-corrected chi connectivity index (χ1v) is 9.58. The fourth-order valence-corrected chi connectivity index (χ4v) is 3.08. The third-order valence-corrected chi connectivity index (χ3v) is 4.66. The SMILES string of the molecule is CCOc1ccc(NC(=O)[C@H](C)Sc2nnc(Cc3ccccc3)o2)cc1. The number of carbonyl (C=O) groups is 1. The molecular weight excluding hydrogens is 362 g/mol. The monoisotopic (exact) mass is 383 g/mol. The summed E-state index contributed by atoms with van der Waals surface area (Å²) in [6, 6.07) is 17.2. The molecule has 0 saturated carbocycles. The van der Waals surface area contributed by atoms with Crippen LogP contribution in [-0.2, 0) is 11.2 Å². The van der Waals surface area contributed by atoms with Gasteiger partial charge in [-0.2, -0.15) is 0 Å². The third kappa shape index (κ3) is 5.59. The maximum absolute atomic E-state index is 12.4. The molecule has 1 heterocycles. The van der Waals surface area contributed by atoms with Crippen LogP contribution in [0.15, 0.2) is 64.2 Å². The van der Waals surface area contributed by atoms with E-state index < -0.39 is 0 Å². The zero-order valence-corrected chi connectivity index (χ0v) is 16.0. The molecule has 1 N–H and O–H groups in total. The number of nitrogens with one attached hydrogen (secondary N) is 1. The number of anilines is 1. The highest BCUT2D eigenvalue weighted by Gasteiger charge is 2.18. The molecule has 0 unspecified atom stereocenters. The van der Waals surface area contributed by atoms with Crippen LogP contribution in [0.25, 0.3) is 0 Å². The Balaban J connectivity index is 1.53. The number of aromatic nitrogens is 2. The molecule has 0 bridgehead atoms. The Morgan fingerprint density at radius 1 is 1.15 bits per heavy atom. The van der Waals surface area contributed by atoms with Gasteiger partial charge in [0, 0.05) is 5.69 Å². The van der Waals surface area contributed by atoms with Crippen LogP contribution in [0, 0.1) is 0 Å². The second-order valence-electron chi connectivity index (χ2n) is 5.83. The van der Waals surface area contributed by atoms with Gasteiger partial charge in [-0.15, -0.1) is 10.2 Å². The first kappa shape index (κ1) is 19.0. The van der Waals surface area contributed by atoms with Crippen molar-refractivity contribution in [2.45, 2.75) is 30.7 Å². The van der Waals surface area contributed by atoms with Gasteiger partial charge in [0.05, 0.1) is 18.3 Å². The highest BCUT2D eigenvalue weighted by molar-refractivity contribution is 8.00. The van der Waals surface area contributed by atoms with Crippen LogP contribution >= 0.6 is 11.8 Å². The molecule has 0 spiro atoms. The summed E-state index contributed by atoms with van der Waals surface area (Å²) in [6.45, 7) is 4.34. The number of nitrogens with zero attached hydrogens (tertiary/aromatic N) is 2. The van der Waals surface area contributed by atoms with Crippen molar-refractivity contribution >= 4 is 23.4 Å². The normalized spacial score (nSPS) is 11.8. The molecule has 27 heavy (non-hydrogen) atoms. The number of thioether (sulfide) groups is 1. The Morgan fingerprint density at radius 2 is 1.89 bits per heavy atom. The Bertz CT molecular complexity index is 866. The molecule has 1 amide bonds. The van der Waals surface area contributed by atoms with E-state index >= 15 is 0 Å². The summed E-state index contributed by atoms with van der Waals surface area (Å²) in [5, 5.41) is 11.0. The van der Waals surface area contributed by atoms with E-state index in [0.29, 0.717) is 29.8 Å². The summed E-state index contributed by atoms with van der Waals surface area (Å²) in [6.07, 6.45) is 0.571. The van der Waals surface area contributed by atoms with Gasteiger partial charge < -0.3 is 14.5 Å². The van der Waals surface area contributed by atoms with Gasteiger partial charge in [-0.1, -0.05) is 42.1 Å². The van der Waals surface area contributed by atoms with E-state index in [1.54, 1.807) is 6.92 Å². The lowest BCUT2D eigenvalue weighted by molar-refractivity contribution is -0.115. The summed E-state index contributed by atoms with van der Waals surface area (Å²) in [5.41, 5.74) is 1.81. The van der Waals surface area contributed by atoms with Crippen molar-refractivity contribution in [3.63, 3.8) is 0 Å². The molecule has 1 aromatic heterocycles. The van der Waals surface area contributed by atoms with Gasteiger partial charge in [-0.05, 0) is 43.7 Å². The molecule has 0 fully saturated rings. The second kappa shape index (κ2) is 9.23. The molecule has 140 valence electrons. The number of amides is 1. The molecule has 0 aliphatic carbocycles. The largest absolute Gasteiger partial charge is 0.494 e. The number of hydrogen-bond acceptors (Lipinski definition) is 6. The summed E-state index contributed by atoms with van der Waals surface area (Å²) in [4.78, 5) is 12.4. The quantitative estimate of drug-likeness (QED) is 0.588. The smallest absolute Gasteiger partial charge is 0.277 e. The van der Waals surface area contributed by atoms with Crippen molar-refractivity contribution in [1.82, 2.24) is 10.2 Å². The van der Waals surface area contributed by atoms with Crippen molar-refractivity contribution < 1.29 is 13.9 Å². The fourth-order valence-electron chi connectivity index (χ4n) is 2.38. The summed E-state index contributed by atoms with van der Waals surface area (Å²) < 4.78 is 11.0. The minimum atomic E-state index is -0.374. The topological polar surface area (TPSA) is 77.2 Å². The number of carbonyl (C=O) groups excluding carboxylic acids is 1. The van der Waals surface area contributed by atoms with E-state index in [9.17, 15) is 4.79 Å². The molecule has 0 aliphatic heterocycles. The predicted octanol–water partition coefficient (Wildman–Crippen LogP) is 4.18. The number of hydrogen-bond donors (Lipinski definition) is 1. The fraction of sp³-hybridized carbons (Fsp3) is 0.250. The van der Waals surface area contributed by atoms with Gasteiger partial charge in [-0.25, -0.2) is 0 Å². The molecule has 6 nitrogen and oxygen atoms in total. The first-order valence-electron chi connectivity index (χ1n) is 8.70. The summed E-state index contributed by atoms with van der Waals surface area (Å²) in [7, 11) is 0. The minimum absolute atomic E-state index is 0.132. The molecule has 7 heteroatoms. The van der Waals surface area contributed by atoms with E-state index in [1.807, 2.05) is 61.5 Å². The molecule has 3 rings (SSSR count). The lowest BCUT2D eigenvalue weighted by Crippen LogP contribution is -2.22. The minimum Gasteiger partial charge on any atom is -0.494 e. The van der Waals surface area contributed by atoms with Gasteiger partial charge in [0.2, 0.25) is 11.8 Å². The second-order valence-corrected chi connectivity index (χ2v) is 7.12. The zero-order valence-electron chi connectivity index (χ0n) is 15.2. The van der Waals surface area contributed by atoms with Gasteiger partial charge in [0.15, 0.2) is 0 Å². The highest BCUT2D eigenvalue weighted by atomic mass is 32.2. The summed E-state index contributed by atoms with van der Waals surface area (Å²) in [5.74, 6) is 1.17. The van der Waals surface area contributed by atoms with E-state index in [4.69, 9.17) is 9.15 Å². The summed E-state index contributed by atoms with van der Waals surface area (Å²) >= 11 is 1.24. The van der Waals surface area contributed by atoms with E-state index in [2.05, 4.69) is 15.5 Å². The van der Waals surface area contributed by atoms with E-state index in [1.165, 1.54) is 11.8 Å². The van der Waals surface area contributed by atoms with E-state index in [-0.39, 0.29) is 11.2 Å². The van der Waals surface area contributed by atoms with Crippen molar-refractivity contribution in [3.8, 4) is 5.75 Å². The van der Waals surface area contributed by atoms with Crippen LogP contribution < -0.4 is 10.1 Å². The van der Waals surface area contributed by atoms with Gasteiger partial charge in [-0.3, -0.25) is 4.79 Å². The van der Waals surface area contributed by atoms with Crippen molar-refractivity contribution in [3.05, 3.63) is 66.1 Å². The van der Waals surface area contributed by atoms with Crippen LogP contribution in [0.3, 0.4) is 0 Å². The van der Waals surface area contributed by atoms with Gasteiger partial charge >= 0.3 is 0 Å². The maximum atomic E-state index is 12.4. The standard InChI is InChI=1S/C20H21N3O3S/c1-3-25-17-11-9-16(10-12-17)21-19(24)14(2)27-20-23-22-18(26-20)13-15-7-5-4-6-8-15/h4-12,14H,3,13H2,1-2H3,(H,21,24)/t14-/m0/s1. The van der Waals surface area contributed by atoms with Crippen LogP contribution in [0.1, 0.15) is 25.3 Å². The number of benzene rings is 2. The Hall–Kier alpha value is -2.80. The Morgan fingerprint density at radius 3 is 2.59 bits per heavy atom. The van der Waals surface area contributed by atoms with E-state index in [0.717, 1.165) is 11.3 Å². The third-order valence-electron chi connectivity index (χ3n) is 3.73. The Kier molecular flexibility index (Phi) is 6.49. The van der Waals surface area contributed by atoms with Gasteiger partial charge in [0.1, 0.15) is 5.75 Å².